The number of carbonyl (C=O) groups is 1. The Hall–Kier alpha value is -1.37. The monoisotopic (exact) mass is 387 g/mol. The third kappa shape index (κ3) is 3.59. The normalized spacial score (nSPS) is 28.5. The number of anilines is 1. The Labute approximate surface area is 142 Å². The molecular weight excluding hydrogens is 368 g/mol. The zero-order chi connectivity index (χ0) is 16.7. The first-order valence-corrected chi connectivity index (χ1v) is 8.51. The van der Waals surface area contributed by atoms with E-state index in [2.05, 4.69) is 31.5 Å². The number of halogens is 3. The molecule has 2 atom stereocenters. The largest absolute Gasteiger partial charge is 0.369 e. The van der Waals surface area contributed by atoms with Gasteiger partial charge in [-0.3, -0.25) is 0 Å². The highest BCUT2D eigenvalue weighted by molar-refractivity contribution is 9.10. The molecule has 1 aliphatic carbocycles. The molecule has 2 N–H and O–H groups in total. The smallest absolute Gasteiger partial charge is 0.315 e. The van der Waals surface area contributed by atoms with Crippen LogP contribution in [0.3, 0.4) is 0 Å². The molecule has 0 aromatic heterocycles. The Morgan fingerprint density at radius 1 is 1.39 bits per heavy atom. The molecule has 0 bridgehead atoms. The molecule has 2 unspecified atom stereocenters. The van der Waals surface area contributed by atoms with Gasteiger partial charge in [0.15, 0.2) is 0 Å². The van der Waals surface area contributed by atoms with E-state index in [-0.39, 0.29) is 25.0 Å². The van der Waals surface area contributed by atoms with Crippen molar-refractivity contribution < 1.29 is 13.6 Å². The first kappa shape index (κ1) is 16.5. The van der Waals surface area contributed by atoms with Gasteiger partial charge in [-0.1, -0.05) is 22.9 Å². The minimum atomic E-state index is -2.65. The second-order valence-corrected chi connectivity index (χ2v) is 7.59. The van der Waals surface area contributed by atoms with Crippen LogP contribution in [-0.2, 0) is 0 Å². The van der Waals surface area contributed by atoms with Crippen molar-refractivity contribution in [1.29, 1.82) is 0 Å². The van der Waals surface area contributed by atoms with E-state index in [4.69, 9.17) is 0 Å². The van der Waals surface area contributed by atoms with Crippen molar-refractivity contribution in [3.8, 4) is 0 Å². The number of carbonyl (C=O) groups excluding carboxylic acids is 1. The Morgan fingerprint density at radius 2 is 2.04 bits per heavy atom. The molecule has 1 saturated carbocycles. The van der Waals surface area contributed by atoms with Gasteiger partial charge in [0.1, 0.15) is 0 Å². The summed E-state index contributed by atoms with van der Waals surface area (Å²) in [6.45, 7) is 3.10. The molecule has 4 nitrogen and oxygen atoms in total. The summed E-state index contributed by atoms with van der Waals surface area (Å²) in [5.41, 5.74) is 0.0340. The van der Waals surface area contributed by atoms with Gasteiger partial charge in [-0.2, -0.15) is 0 Å². The summed E-state index contributed by atoms with van der Waals surface area (Å²) in [5.74, 6) is -2.65. The van der Waals surface area contributed by atoms with Crippen LogP contribution in [0, 0.1) is 5.41 Å². The topological polar surface area (TPSA) is 44.4 Å². The molecule has 1 saturated heterocycles. The maximum Gasteiger partial charge on any atom is 0.315 e. The fraction of sp³-hybridized carbons (Fsp3) is 0.562. The highest BCUT2D eigenvalue weighted by Gasteiger charge is 2.67. The number of amides is 2. The average Bonchev–Trinajstić information content (AvgIpc) is 2.84. The van der Waals surface area contributed by atoms with Crippen LogP contribution in [0.15, 0.2) is 28.7 Å². The van der Waals surface area contributed by atoms with Crippen LogP contribution in [0.1, 0.15) is 19.8 Å². The van der Waals surface area contributed by atoms with E-state index in [0.717, 1.165) is 29.7 Å². The van der Waals surface area contributed by atoms with E-state index in [1.807, 2.05) is 24.3 Å². The summed E-state index contributed by atoms with van der Waals surface area (Å²) in [4.78, 5) is 14.1. The van der Waals surface area contributed by atoms with Crippen LogP contribution in [0.4, 0.5) is 19.3 Å². The van der Waals surface area contributed by atoms with E-state index in [1.54, 1.807) is 0 Å². The number of rotatable bonds is 4. The molecule has 1 aliphatic heterocycles. The van der Waals surface area contributed by atoms with Crippen molar-refractivity contribution in [3.05, 3.63) is 28.7 Å². The maximum absolute atomic E-state index is 13.1. The van der Waals surface area contributed by atoms with Crippen molar-refractivity contribution in [1.82, 2.24) is 10.6 Å². The van der Waals surface area contributed by atoms with E-state index < -0.39 is 11.3 Å². The van der Waals surface area contributed by atoms with E-state index >= 15 is 0 Å². The van der Waals surface area contributed by atoms with Gasteiger partial charge < -0.3 is 15.5 Å². The number of benzene rings is 1. The van der Waals surface area contributed by atoms with Gasteiger partial charge in [-0.15, -0.1) is 0 Å². The lowest BCUT2D eigenvalue weighted by Crippen LogP contribution is -2.45. The van der Waals surface area contributed by atoms with Crippen LogP contribution >= 0.6 is 15.9 Å². The molecule has 7 heteroatoms. The lowest BCUT2D eigenvalue weighted by atomic mass is 10.1. The molecule has 126 valence electrons. The van der Waals surface area contributed by atoms with Gasteiger partial charge >= 0.3 is 6.03 Å². The predicted octanol–water partition coefficient (Wildman–Crippen LogP) is 3.37. The van der Waals surface area contributed by atoms with Gasteiger partial charge in [0.2, 0.25) is 0 Å². The summed E-state index contributed by atoms with van der Waals surface area (Å²) in [5, 5.41) is 5.45. The van der Waals surface area contributed by atoms with Crippen molar-refractivity contribution in [3.63, 3.8) is 0 Å². The predicted molar refractivity (Wildman–Crippen MR) is 89.0 cm³/mol. The van der Waals surface area contributed by atoms with Gasteiger partial charge in [0.25, 0.3) is 5.92 Å². The second-order valence-electron chi connectivity index (χ2n) is 6.68. The van der Waals surface area contributed by atoms with E-state index in [1.165, 1.54) is 6.92 Å². The zero-order valence-electron chi connectivity index (χ0n) is 12.9. The van der Waals surface area contributed by atoms with Gasteiger partial charge in [0.05, 0.1) is 5.41 Å². The van der Waals surface area contributed by atoms with Crippen LogP contribution in [-0.4, -0.2) is 37.6 Å². The molecule has 1 aromatic rings. The standard InChI is InChI=1S/C16H20BrF2N3O/c1-15(9-16(15,18)19)10-20-14(23)21-12-6-7-22(8-12)13-4-2-11(17)3-5-13/h2-5,12H,6-10H2,1H3,(H2,20,21,23). The molecule has 2 amide bonds. The van der Waals surface area contributed by atoms with Gasteiger partial charge in [-0.25, -0.2) is 13.6 Å². The molecule has 1 aromatic carbocycles. The molecule has 0 spiro atoms. The summed E-state index contributed by atoms with van der Waals surface area (Å²) in [7, 11) is 0. The summed E-state index contributed by atoms with van der Waals surface area (Å²) < 4.78 is 27.3. The number of hydrogen-bond donors (Lipinski definition) is 2. The summed E-state index contributed by atoms with van der Waals surface area (Å²) in [6, 6.07) is 7.70. The minimum Gasteiger partial charge on any atom is -0.369 e. The Bertz CT molecular complexity index is 595. The van der Waals surface area contributed by atoms with Crippen molar-refractivity contribution in [2.45, 2.75) is 31.7 Å². The molecule has 3 rings (SSSR count). The Balaban J connectivity index is 1.44. The van der Waals surface area contributed by atoms with Crippen LogP contribution in [0.5, 0.6) is 0 Å². The fourth-order valence-electron chi connectivity index (χ4n) is 2.91. The third-order valence-corrected chi connectivity index (χ3v) is 5.25. The molecule has 0 radical (unpaired) electrons. The van der Waals surface area contributed by atoms with Gasteiger partial charge in [-0.05, 0) is 30.7 Å². The minimum absolute atomic E-state index is 0.00891. The van der Waals surface area contributed by atoms with Crippen LogP contribution in [0.25, 0.3) is 0 Å². The molecular formula is C16H20BrF2N3O. The van der Waals surface area contributed by atoms with Crippen molar-refractivity contribution in [2.24, 2.45) is 5.41 Å². The van der Waals surface area contributed by atoms with Crippen molar-refractivity contribution >= 4 is 27.6 Å². The Kier molecular flexibility index (Phi) is 4.25. The number of nitrogens with one attached hydrogen (secondary N) is 2. The number of nitrogens with zero attached hydrogens (tertiary/aromatic N) is 1. The molecule has 23 heavy (non-hydrogen) atoms. The number of urea groups is 1. The molecule has 2 aliphatic rings. The van der Waals surface area contributed by atoms with Crippen LogP contribution < -0.4 is 15.5 Å². The highest BCUT2D eigenvalue weighted by Crippen LogP contribution is 2.59. The molecule has 1 heterocycles. The van der Waals surface area contributed by atoms with E-state index in [9.17, 15) is 13.6 Å². The highest BCUT2D eigenvalue weighted by atomic mass is 79.9. The third-order valence-electron chi connectivity index (χ3n) is 4.72. The first-order valence-electron chi connectivity index (χ1n) is 7.72. The number of alkyl halides is 2. The zero-order valence-corrected chi connectivity index (χ0v) is 14.5. The fourth-order valence-corrected chi connectivity index (χ4v) is 3.18. The number of hydrogen-bond acceptors (Lipinski definition) is 2. The van der Waals surface area contributed by atoms with E-state index in [0.29, 0.717) is 0 Å². The lowest BCUT2D eigenvalue weighted by molar-refractivity contribution is 0.0707. The SMILES string of the molecule is CC1(CNC(=O)NC2CCN(c3ccc(Br)cc3)C2)CC1(F)F. The first-order chi connectivity index (χ1) is 10.8. The molecule has 2 fully saturated rings. The van der Waals surface area contributed by atoms with Gasteiger partial charge in [0, 0.05) is 42.3 Å². The summed E-state index contributed by atoms with van der Waals surface area (Å²) in [6.07, 6.45) is 0.692. The quantitative estimate of drug-likeness (QED) is 0.831. The van der Waals surface area contributed by atoms with Crippen LogP contribution in [0.2, 0.25) is 0 Å². The second kappa shape index (κ2) is 5.92. The van der Waals surface area contributed by atoms with Crippen molar-refractivity contribution in [2.75, 3.05) is 24.5 Å². The summed E-state index contributed by atoms with van der Waals surface area (Å²) >= 11 is 3.41. The maximum atomic E-state index is 13.1. The Morgan fingerprint density at radius 3 is 2.65 bits per heavy atom. The lowest BCUT2D eigenvalue weighted by Gasteiger charge is -2.19. The average molecular weight is 388 g/mol.